The molecule has 6 rings (SSSR count). The molecule has 0 aliphatic carbocycles. The summed E-state index contributed by atoms with van der Waals surface area (Å²) in [4.78, 5) is 16.1. The third-order valence-electron chi connectivity index (χ3n) is 7.14. The number of nitrogens with zero attached hydrogens (tertiary/aromatic N) is 5. The highest BCUT2D eigenvalue weighted by molar-refractivity contribution is 5.89. The Balaban J connectivity index is 1.33. The Hall–Kier alpha value is -3.72. The molecule has 1 atom stereocenters. The second kappa shape index (κ2) is 9.14. The van der Waals surface area contributed by atoms with Crippen molar-refractivity contribution in [2.75, 3.05) is 35.2 Å². The van der Waals surface area contributed by atoms with Crippen LogP contribution in [0, 0.1) is 6.92 Å². The zero-order valence-corrected chi connectivity index (χ0v) is 20.2. The molecule has 1 fully saturated rings. The first-order valence-electron chi connectivity index (χ1n) is 12.5. The number of hydrogen-bond acceptors (Lipinski definition) is 8. The van der Waals surface area contributed by atoms with Gasteiger partial charge in [-0.05, 0) is 49.9 Å². The molecule has 0 spiro atoms. The van der Waals surface area contributed by atoms with Crippen molar-refractivity contribution in [3.63, 3.8) is 0 Å². The molecule has 4 aromatic heterocycles. The van der Waals surface area contributed by atoms with E-state index >= 15 is 0 Å². The van der Waals surface area contributed by atoms with E-state index in [0.717, 1.165) is 59.8 Å². The Morgan fingerprint density at radius 2 is 1.89 bits per heavy atom. The molecule has 9 heteroatoms. The smallest absolute Gasteiger partial charge is 0.181 e. The lowest BCUT2D eigenvalue weighted by molar-refractivity contribution is 0.578. The summed E-state index contributed by atoms with van der Waals surface area (Å²) in [5.74, 6) is 0. The summed E-state index contributed by atoms with van der Waals surface area (Å²) >= 11 is 0. The van der Waals surface area contributed by atoms with Gasteiger partial charge in [0.1, 0.15) is 6.17 Å². The Labute approximate surface area is 204 Å². The lowest BCUT2D eigenvalue weighted by Crippen LogP contribution is -2.30. The topological polar surface area (TPSA) is 107 Å². The van der Waals surface area contributed by atoms with E-state index in [1.54, 1.807) is 0 Å². The fourth-order valence-corrected chi connectivity index (χ4v) is 5.15. The van der Waals surface area contributed by atoms with Crippen LogP contribution in [0.25, 0.3) is 22.2 Å². The van der Waals surface area contributed by atoms with Crippen molar-refractivity contribution in [1.29, 1.82) is 0 Å². The van der Waals surface area contributed by atoms with E-state index < -0.39 is 0 Å². The summed E-state index contributed by atoms with van der Waals surface area (Å²) in [5, 5.41) is 19.4. The molecular weight excluding hydrogens is 438 g/mol. The van der Waals surface area contributed by atoms with Crippen LogP contribution in [0.4, 0.5) is 17.1 Å². The summed E-state index contributed by atoms with van der Waals surface area (Å²) in [7, 11) is 0. The van der Waals surface area contributed by atoms with Crippen molar-refractivity contribution >= 4 is 28.1 Å². The Morgan fingerprint density at radius 3 is 2.74 bits per heavy atom. The van der Waals surface area contributed by atoms with Gasteiger partial charge in [0.25, 0.3) is 0 Å². The van der Waals surface area contributed by atoms with Gasteiger partial charge in [0, 0.05) is 54.7 Å². The number of fused-ring (bicyclic) bond motifs is 2. The van der Waals surface area contributed by atoms with Gasteiger partial charge in [-0.15, -0.1) is 0 Å². The number of piperidine rings is 1. The van der Waals surface area contributed by atoms with Gasteiger partial charge in [-0.2, -0.15) is 5.10 Å². The van der Waals surface area contributed by atoms with Gasteiger partial charge in [0.2, 0.25) is 0 Å². The van der Waals surface area contributed by atoms with Crippen molar-refractivity contribution < 1.29 is 0 Å². The van der Waals surface area contributed by atoms with E-state index in [1.165, 1.54) is 36.1 Å². The monoisotopic (exact) mass is 469 g/mol. The number of hydrogen-bond donors (Lipinski definition) is 4. The summed E-state index contributed by atoms with van der Waals surface area (Å²) < 4.78 is 0. The van der Waals surface area contributed by atoms with Gasteiger partial charge in [-0.25, -0.2) is 4.98 Å². The first-order chi connectivity index (χ1) is 17.2. The van der Waals surface area contributed by atoms with Crippen LogP contribution in [0.5, 0.6) is 0 Å². The maximum Gasteiger partial charge on any atom is 0.181 e. The number of aromatic nitrogens is 5. The van der Waals surface area contributed by atoms with Crippen LogP contribution in [-0.2, 0) is 6.54 Å². The van der Waals surface area contributed by atoms with Gasteiger partial charge >= 0.3 is 0 Å². The van der Waals surface area contributed by atoms with Crippen LogP contribution >= 0.6 is 0 Å². The van der Waals surface area contributed by atoms with Crippen LogP contribution in [0.15, 0.2) is 37.1 Å². The molecule has 1 saturated heterocycles. The molecule has 6 heterocycles. The normalized spacial score (nSPS) is 17.3. The van der Waals surface area contributed by atoms with E-state index in [9.17, 15) is 0 Å². The average molecular weight is 470 g/mol. The van der Waals surface area contributed by atoms with Gasteiger partial charge in [-0.1, -0.05) is 6.92 Å². The molecule has 4 aromatic rings. The predicted molar refractivity (Wildman–Crippen MR) is 140 cm³/mol. The van der Waals surface area contributed by atoms with E-state index in [2.05, 4.69) is 65.9 Å². The molecule has 2 aliphatic heterocycles. The maximum absolute atomic E-state index is 4.66. The van der Waals surface area contributed by atoms with Crippen molar-refractivity contribution in [2.24, 2.45) is 0 Å². The first kappa shape index (κ1) is 21.8. The lowest BCUT2D eigenvalue weighted by Gasteiger charge is -2.29. The van der Waals surface area contributed by atoms with Crippen molar-refractivity contribution in [3.05, 3.63) is 53.9 Å². The second-order valence-corrected chi connectivity index (χ2v) is 9.33. The van der Waals surface area contributed by atoms with Crippen molar-refractivity contribution in [3.8, 4) is 11.1 Å². The number of rotatable bonds is 6. The molecule has 180 valence electrons. The molecule has 0 radical (unpaired) electrons. The molecule has 0 amide bonds. The lowest BCUT2D eigenvalue weighted by atomic mass is 9.99. The fraction of sp³-hybridized carbons (Fsp3) is 0.385. The van der Waals surface area contributed by atoms with E-state index in [-0.39, 0.29) is 6.17 Å². The molecule has 0 aromatic carbocycles. The average Bonchev–Trinajstić information content (AvgIpc) is 3.52. The van der Waals surface area contributed by atoms with Gasteiger partial charge in [0.05, 0.1) is 35.1 Å². The highest BCUT2D eigenvalue weighted by atomic mass is 15.3. The summed E-state index contributed by atoms with van der Waals surface area (Å²) in [5.41, 5.74) is 9.49. The van der Waals surface area contributed by atoms with Crippen molar-refractivity contribution in [2.45, 2.75) is 45.8 Å². The summed E-state index contributed by atoms with van der Waals surface area (Å²) in [6.45, 7) is 8.14. The minimum atomic E-state index is -0.140. The van der Waals surface area contributed by atoms with Crippen LogP contribution in [0.3, 0.4) is 0 Å². The quantitative estimate of drug-likeness (QED) is 0.330. The molecule has 2 aliphatic rings. The van der Waals surface area contributed by atoms with Crippen LogP contribution in [0.2, 0.25) is 0 Å². The Morgan fingerprint density at radius 1 is 1.03 bits per heavy atom. The standard InChI is InChI=1S/C26H31N9/c1-3-27-10-18-11-28-13-20(16(18)2)17-9-19-23(33-34-25(19)30-12-17)26-31-21-14-29-15-22(24(21)32-26)35-7-5-4-6-8-35/h9,11-15,26-27,31-32H,3-8,10H2,1-2H3,(H,30,33,34). The Kier molecular flexibility index (Phi) is 5.69. The second-order valence-electron chi connectivity index (χ2n) is 9.33. The number of pyridine rings is 3. The molecular formula is C26H31N9. The van der Waals surface area contributed by atoms with Crippen LogP contribution in [0.1, 0.15) is 49.2 Å². The number of nitrogens with one attached hydrogen (secondary N) is 4. The summed E-state index contributed by atoms with van der Waals surface area (Å²) in [6, 6.07) is 2.17. The number of H-pyrrole nitrogens is 1. The highest BCUT2D eigenvalue weighted by Gasteiger charge is 2.29. The molecule has 35 heavy (non-hydrogen) atoms. The maximum atomic E-state index is 4.66. The molecule has 0 saturated carbocycles. The van der Waals surface area contributed by atoms with E-state index in [0.29, 0.717) is 5.65 Å². The minimum absolute atomic E-state index is 0.140. The number of aromatic amines is 1. The highest BCUT2D eigenvalue weighted by Crippen LogP contribution is 2.42. The van der Waals surface area contributed by atoms with E-state index in [1.807, 2.05) is 31.0 Å². The largest absolute Gasteiger partial charge is 0.369 e. The zero-order chi connectivity index (χ0) is 23.8. The molecule has 4 N–H and O–H groups in total. The van der Waals surface area contributed by atoms with Gasteiger partial charge in [-0.3, -0.25) is 15.1 Å². The van der Waals surface area contributed by atoms with Crippen LogP contribution < -0.4 is 20.9 Å². The van der Waals surface area contributed by atoms with E-state index in [4.69, 9.17) is 0 Å². The zero-order valence-electron chi connectivity index (χ0n) is 20.2. The molecule has 9 nitrogen and oxygen atoms in total. The molecule has 1 unspecified atom stereocenters. The third-order valence-corrected chi connectivity index (χ3v) is 7.14. The third kappa shape index (κ3) is 3.95. The SMILES string of the molecule is CCNCc1cncc(-c2cnc3n[nH]c(C4Nc5cncc(N6CCCCC6)c5N4)c3c2)c1C. The minimum Gasteiger partial charge on any atom is -0.369 e. The predicted octanol–water partition coefficient (Wildman–Crippen LogP) is 4.36. The Bertz CT molecular complexity index is 1360. The summed E-state index contributed by atoms with van der Waals surface area (Å²) in [6.07, 6.45) is 13.2. The fourth-order valence-electron chi connectivity index (χ4n) is 5.15. The first-order valence-corrected chi connectivity index (χ1v) is 12.5. The van der Waals surface area contributed by atoms with Crippen molar-refractivity contribution in [1.82, 2.24) is 30.5 Å². The number of anilines is 3. The van der Waals surface area contributed by atoms with Gasteiger partial charge < -0.3 is 20.9 Å². The molecule has 0 bridgehead atoms. The van der Waals surface area contributed by atoms with Gasteiger partial charge in [0.15, 0.2) is 5.65 Å². The van der Waals surface area contributed by atoms with Crippen LogP contribution in [-0.4, -0.2) is 44.8 Å².